The smallest absolute Gasteiger partial charge is 0.287 e. The van der Waals surface area contributed by atoms with Gasteiger partial charge >= 0.3 is 0 Å². The van der Waals surface area contributed by atoms with Crippen LogP contribution in [0.5, 0.6) is 0 Å². The Balaban J connectivity index is 0.000000134. The summed E-state index contributed by atoms with van der Waals surface area (Å²) in [6.07, 6.45) is 4.40. The molecule has 0 atom stereocenters. The van der Waals surface area contributed by atoms with Crippen LogP contribution in [0.2, 0.25) is 0 Å². The van der Waals surface area contributed by atoms with Gasteiger partial charge in [-0.1, -0.05) is 12.1 Å². The molecule has 6 nitrogen and oxygen atoms in total. The Morgan fingerprint density at radius 1 is 1.17 bits per heavy atom. The molecule has 0 fully saturated rings. The summed E-state index contributed by atoms with van der Waals surface area (Å²) in [5.74, 6) is 0. The fourth-order valence-corrected chi connectivity index (χ4v) is 1.34. The van der Waals surface area contributed by atoms with E-state index in [9.17, 15) is 10.1 Å². The second-order valence-corrected chi connectivity index (χ2v) is 3.39. The maximum atomic E-state index is 9.97. The lowest BCUT2D eigenvalue weighted by Gasteiger charge is -1.84. The van der Waals surface area contributed by atoms with Crippen LogP contribution >= 0.6 is 0 Å². The van der Waals surface area contributed by atoms with E-state index in [2.05, 4.69) is 15.0 Å². The fourth-order valence-electron chi connectivity index (χ4n) is 1.34. The monoisotopic (exact) mass is 242 g/mol. The number of para-hydroxylation sites is 2. The number of nitrogens with zero attached hydrogens (tertiary/aromatic N) is 3. The molecule has 2 aromatic heterocycles. The number of H-pyrrole nitrogens is 1. The van der Waals surface area contributed by atoms with Crippen LogP contribution in [0.1, 0.15) is 0 Å². The van der Waals surface area contributed by atoms with E-state index in [-0.39, 0.29) is 5.69 Å². The molecule has 18 heavy (non-hydrogen) atoms. The number of imidazole rings is 1. The lowest BCUT2D eigenvalue weighted by Crippen LogP contribution is -1.86. The molecule has 3 aromatic rings. The minimum Gasteiger partial charge on any atom is -0.345 e. The zero-order chi connectivity index (χ0) is 12.8. The normalized spacial score (nSPS) is 9.56. The van der Waals surface area contributed by atoms with E-state index in [1.54, 1.807) is 6.33 Å². The third kappa shape index (κ3) is 2.88. The van der Waals surface area contributed by atoms with E-state index in [4.69, 9.17) is 0 Å². The number of pyridine rings is 1. The molecule has 0 saturated heterocycles. The maximum absolute atomic E-state index is 9.97. The van der Waals surface area contributed by atoms with Crippen molar-refractivity contribution in [1.29, 1.82) is 0 Å². The second kappa shape index (κ2) is 5.53. The molecule has 0 saturated carbocycles. The standard InChI is InChI=1S/C7H6N2.C5H4N2O2/c1-2-4-7-6(3-1)8-5-9-7;8-7(9)5-2-1-3-6-4-5/h1-5H,(H,8,9);1-4H. The molecule has 3 rings (SSSR count). The molecule has 0 aliphatic carbocycles. The molecular weight excluding hydrogens is 232 g/mol. The number of hydrogen-bond donors (Lipinski definition) is 1. The number of rotatable bonds is 1. The van der Waals surface area contributed by atoms with E-state index in [1.807, 2.05) is 24.3 Å². The lowest BCUT2D eigenvalue weighted by atomic mass is 10.3. The minimum atomic E-state index is -0.479. The van der Waals surface area contributed by atoms with Crippen LogP contribution in [0.4, 0.5) is 5.69 Å². The van der Waals surface area contributed by atoms with Gasteiger partial charge in [0.15, 0.2) is 0 Å². The number of nitrogens with one attached hydrogen (secondary N) is 1. The molecule has 2 heterocycles. The molecular formula is C12H10N4O2. The van der Waals surface area contributed by atoms with Crippen LogP contribution in [0, 0.1) is 10.1 Å². The van der Waals surface area contributed by atoms with Crippen molar-refractivity contribution in [2.45, 2.75) is 0 Å². The van der Waals surface area contributed by atoms with Crippen molar-refractivity contribution in [3.8, 4) is 0 Å². The number of hydrogen-bond acceptors (Lipinski definition) is 4. The van der Waals surface area contributed by atoms with Gasteiger partial charge in [0.05, 0.1) is 22.3 Å². The van der Waals surface area contributed by atoms with E-state index in [0.29, 0.717) is 0 Å². The third-order valence-corrected chi connectivity index (χ3v) is 2.18. The Kier molecular flexibility index (Phi) is 3.60. The highest BCUT2D eigenvalue weighted by atomic mass is 16.6. The molecule has 90 valence electrons. The molecule has 0 amide bonds. The van der Waals surface area contributed by atoms with Crippen LogP contribution in [-0.2, 0) is 0 Å². The quantitative estimate of drug-likeness (QED) is 0.525. The summed E-state index contributed by atoms with van der Waals surface area (Å²) >= 11 is 0. The van der Waals surface area contributed by atoms with Gasteiger partial charge in [0.2, 0.25) is 0 Å². The minimum absolute atomic E-state index is 0.0255. The maximum Gasteiger partial charge on any atom is 0.287 e. The highest BCUT2D eigenvalue weighted by molar-refractivity contribution is 5.73. The molecule has 6 heteroatoms. The first-order valence-electron chi connectivity index (χ1n) is 5.20. The highest BCUT2D eigenvalue weighted by Gasteiger charge is 1.99. The van der Waals surface area contributed by atoms with Gasteiger partial charge in [-0.25, -0.2) is 4.98 Å². The van der Waals surface area contributed by atoms with Gasteiger partial charge in [-0.3, -0.25) is 15.1 Å². The lowest BCUT2D eigenvalue weighted by molar-refractivity contribution is -0.385. The molecule has 0 unspecified atom stereocenters. The third-order valence-electron chi connectivity index (χ3n) is 2.18. The van der Waals surface area contributed by atoms with E-state index >= 15 is 0 Å². The summed E-state index contributed by atoms with van der Waals surface area (Å²) in [4.78, 5) is 20.1. The largest absolute Gasteiger partial charge is 0.345 e. The Morgan fingerprint density at radius 3 is 2.61 bits per heavy atom. The summed E-state index contributed by atoms with van der Waals surface area (Å²) in [6.45, 7) is 0. The number of aromatic amines is 1. The van der Waals surface area contributed by atoms with Gasteiger partial charge in [-0.05, 0) is 18.2 Å². The van der Waals surface area contributed by atoms with Gasteiger partial charge in [0.25, 0.3) is 5.69 Å². The predicted octanol–water partition coefficient (Wildman–Crippen LogP) is 2.55. The van der Waals surface area contributed by atoms with Crippen molar-refractivity contribution in [3.63, 3.8) is 0 Å². The summed E-state index contributed by atoms with van der Waals surface area (Å²) in [6, 6.07) is 10.9. The Morgan fingerprint density at radius 2 is 2.00 bits per heavy atom. The number of aromatic nitrogens is 3. The van der Waals surface area contributed by atoms with Crippen molar-refractivity contribution in [2.24, 2.45) is 0 Å². The summed E-state index contributed by atoms with van der Waals surface area (Å²) in [7, 11) is 0. The van der Waals surface area contributed by atoms with Gasteiger partial charge in [0, 0.05) is 12.3 Å². The van der Waals surface area contributed by atoms with Crippen LogP contribution in [-0.4, -0.2) is 19.9 Å². The SMILES string of the molecule is O=[N+]([O-])c1cccnc1.c1ccc2[nH]cnc2c1. The summed E-state index contributed by atoms with van der Waals surface area (Å²) in [5, 5.41) is 9.97. The molecule has 0 aliphatic heterocycles. The molecule has 0 bridgehead atoms. The van der Waals surface area contributed by atoms with Gasteiger partial charge in [-0.2, -0.15) is 0 Å². The van der Waals surface area contributed by atoms with E-state index in [1.165, 1.54) is 24.5 Å². The van der Waals surface area contributed by atoms with E-state index < -0.39 is 4.92 Å². The molecule has 0 radical (unpaired) electrons. The fraction of sp³-hybridized carbons (Fsp3) is 0. The molecule has 0 spiro atoms. The molecule has 0 aliphatic rings. The first kappa shape index (κ1) is 11.7. The van der Waals surface area contributed by atoms with Crippen LogP contribution in [0.3, 0.4) is 0 Å². The van der Waals surface area contributed by atoms with Crippen LogP contribution in [0.25, 0.3) is 11.0 Å². The molecule has 1 aromatic carbocycles. The second-order valence-electron chi connectivity index (χ2n) is 3.39. The average molecular weight is 242 g/mol. The number of nitro groups is 1. The first-order valence-corrected chi connectivity index (χ1v) is 5.20. The van der Waals surface area contributed by atoms with Crippen molar-refractivity contribution < 1.29 is 4.92 Å². The Labute approximate surface area is 102 Å². The van der Waals surface area contributed by atoms with Gasteiger partial charge in [-0.15, -0.1) is 0 Å². The van der Waals surface area contributed by atoms with Gasteiger partial charge < -0.3 is 4.98 Å². The predicted molar refractivity (Wildman–Crippen MR) is 67.0 cm³/mol. The van der Waals surface area contributed by atoms with Crippen LogP contribution < -0.4 is 0 Å². The van der Waals surface area contributed by atoms with Crippen molar-refractivity contribution in [2.75, 3.05) is 0 Å². The first-order chi connectivity index (χ1) is 8.77. The van der Waals surface area contributed by atoms with Crippen molar-refractivity contribution >= 4 is 16.7 Å². The Bertz CT molecular complexity index is 606. The topological polar surface area (TPSA) is 84.7 Å². The molecule has 1 N–H and O–H groups in total. The summed E-state index contributed by atoms with van der Waals surface area (Å²) < 4.78 is 0. The van der Waals surface area contributed by atoms with E-state index in [0.717, 1.165) is 11.0 Å². The van der Waals surface area contributed by atoms with Crippen molar-refractivity contribution in [1.82, 2.24) is 15.0 Å². The number of benzene rings is 1. The zero-order valence-corrected chi connectivity index (χ0v) is 9.35. The van der Waals surface area contributed by atoms with Crippen molar-refractivity contribution in [3.05, 3.63) is 65.2 Å². The average Bonchev–Trinajstić information content (AvgIpc) is 2.89. The van der Waals surface area contributed by atoms with Gasteiger partial charge in [0.1, 0.15) is 6.20 Å². The summed E-state index contributed by atoms with van der Waals surface area (Å²) in [5.41, 5.74) is 2.15. The number of fused-ring (bicyclic) bond motifs is 1. The zero-order valence-electron chi connectivity index (χ0n) is 9.35. The Hall–Kier alpha value is -2.76. The highest BCUT2D eigenvalue weighted by Crippen LogP contribution is 2.05. The van der Waals surface area contributed by atoms with Crippen LogP contribution in [0.15, 0.2) is 55.1 Å².